The number of carbonyl (C=O) groups excluding carboxylic acids is 1. The molecule has 1 amide bonds. The summed E-state index contributed by atoms with van der Waals surface area (Å²) < 4.78 is 0. The molecule has 0 radical (unpaired) electrons. The molecule has 1 N–H and O–H groups in total. The van der Waals surface area contributed by atoms with E-state index >= 15 is 0 Å². The summed E-state index contributed by atoms with van der Waals surface area (Å²) >= 11 is 12.1. The second-order valence-electron chi connectivity index (χ2n) is 8.17. The number of likely N-dealkylation sites (tertiary alicyclic amines) is 1. The molecular weight excluding hydrogens is 391 g/mol. The Morgan fingerprint density at radius 1 is 1.04 bits per heavy atom. The van der Waals surface area contributed by atoms with Gasteiger partial charge in [-0.2, -0.15) is 0 Å². The van der Waals surface area contributed by atoms with Crippen LogP contribution in [0.4, 0.5) is 0 Å². The molecule has 1 saturated heterocycles. The van der Waals surface area contributed by atoms with Crippen molar-refractivity contribution in [2.45, 2.75) is 44.7 Å². The number of rotatable bonds is 4. The van der Waals surface area contributed by atoms with Gasteiger partial charge in [-0.05, 0) is 68.0 Å². The number of hydrogen-bond donors (Lipinski definition) is 1. The maximum atomic E-state index is 12.8. The Balaban J connectivity index is 1.38. The quantitative estimate of drug-likeness (QED) is 0.707. The minimum absolute atomic E-state index is 0.0449. The Hall–Kier alpha value is -1.55. The molecule has 4 rings (SSSR count). The summed E-state index contributed by atoms with van der Waals surface area (Å²) in [7, 11) is 0. The topological polar surface area (TPSA) is 32.3 Å². The van der Waals surface area contributed by atoms with Gasteiger partial charge in [0.25, 0.3) is 5.91 Å². The van der Waals surface area contributed by atoms with Gasteiger partial charge in [-0.15, -0.1) is 0 Å². The van der Waals surface area contributed by atoms with Crippen LogP contribution >= 0.6 is 23.2 Å². The summed E-state index contributed by atoms with van der Waals surface area (Å²) in [5.41, 5.74) is 2.19. The molecule has 1 spiro atoms. The normalized spacial score (nSPS) is 21.7. The highest BCUT2D eigenvalue weighted by atomic mass is 35.5. The van der Waals surface area contributed by atoms with E-state index in [2.05, 4.69) is 40.5 Å². The Bertz CT molecular complexity index is 832. The highest BCUT2D eigenvalue weighted by Gasteiger charge is 2.45. The lowest BCUT2D eigenvalue weighted by Crippen LogP contribution is -2.50. The van der Waals surface area contributed by atoms with Crippen LogP contribution in [0, 0.1) is 5.41 Å². The number of nitrogens with zero attached hydrogens (tertiary/aromatic N) is 1. The van der Waals surface area contributed by atoms with Crippen molar-refractivity contribution < 1.29 is 4.79 Å². The van der Waals surface area contributed by atoms with E-state index in [-0.39, 0.29) is 17.4 Å². The van der Waals surface area contributed by atoms with Crippen LogP contribution in [-0.2, 0) is 6.54 Å². The first-order chi connectivity index (χ1) is 13.6. The first-order valence-corrected chi connectivity index (χ1v) is 10.8. The summed E-state index contributed by atoms with van der Waals surface area (Å²) in [4.78, 5) is 15.3. The summed E-state index contributed by atoms with van der Waals surface area (Å²) in [5.74, 6) is -0.0449. The number of halogens is 2. The van der Waals surface area contributed by atoms with Crippen molar-refractivity contribution in [1.82, 2.24) is 10.2 Å². The highest BCUT2D eigenvalue weighted by molar-refractivity contribution is 6.42. The Morgan fingerprint density at radius 2 is 1.79 bits per heavy atom. The SMILES string of the molecule is O=C(NC1CCCC12CCN(Cc1ccccc1)CC2)c1ccc(Cl)c(Cl)c1. The van der Waals surface area contributed by atoms with Crippen molar-refractivity contribution >= 4 is 29.1 Å². The van der Waals surface area contributed by atoms with E-state index in [1.807, 2.05) is 0 Å². The van der Waals surface area contributed by atoms with Gasteiger partial charge in [0.1, 0.15) is 0 Å². The van der Waals surface area contributed by atoms with E-state index in [9.17, 15) is 4.79 Å². The van der Waals surface area contributed by atoms with Crippen LogP contribution in [0.1, 0.15) is 48.0 Å². The van der Waals surface area contributed by atoms with E-state index in [0.29, 0.717) is 15.6 Å². The van der Waals surface area contributed by atoms with Crippen LogP contribution in [0.3, 0.4) is 0 Å². The fraction of sp³-hybridized carbons (Fsp3) is 0.435. The third-order valence-corrected chi connectivity index (χ3v) is 7.23. The predicted molar refractivity (Wildman–Crippen MR) is 115 cm³/mol. The van der Waals surface area contributed by atoms with Gasteiger partial charge in [-0.3, -0.25) is 9.69 Å². The Kier molecular flexibility index (Phi) is 5.96. The molecule has 2 fully saturated rings. The lowest BCUT2D eigenvalue weighted by atomic mass is 9.74. The number of benzene rings is 2. The van der Waals surface area contributed by atoms with Crippen LogP contribution in [0.25, 0.3) is 0 Å². The zero-order valence-electron chi connectivity index (χ0n) is 16.0. The second kappa shape index (κ2) is 8.44. The van der Waals surface area contributed by atoms with Gasteiger partial charge in [-0.25, -0.2) is 0 Å². The van der Waals surface area contributed by atoms with E-state index in [0.717, 1.165) is 38.9 Å². The minimum Gasteiger partial charge on any atom is -0.349 e. The molecule has 0 aromatic heterocycles. The van der Waals surface area contributed by atoms with Gasteiger partial charge in [0, 0.05) is 18.2 Å². The lowest BCUT2D eigenvalue weighted by molar-refractivity contribution is 0.0685. The van der Waals surface area contributed by atoms with Crippen molar-refractivity contribution in [1.29, 1.82) is 0 Å². The molecule has 1 saturated carbocycles. The van der Waals surface area contributed by atoms with Crippen LogP contribution in [0.5, 0.6) is 0 Å². The predicted octanol–water partition coefficient (Wildman–Crippen LogP) is 5.56. The first-order valence-electron chi connectivity index (χ1n) is 10.1. The smallest absolute Gasteiger partial charge is 0.251 e. The molecule has 148 valence electrons. The van der Waals surface area contributed by atoms with E-state index < -0.39 is 0 Å². The van der Waals surface area contributed by atoms with E-state index in [1.54, 1.807) is 18.2 Å². The molecule has 5 heteroatoms. The standard InChI is InChI=1S/C23H26Cl2N2O/c24-19-9-8-18(15-20(19)25)22(28)26-21-7-4-10-23(21)11-13-27(14-12-23)16-17-5-2-1-3-6-17/h1-3,5-6,8-9,15,21H,4,7,10-14,16H2,(H,26,28). The summed E-state index contributed by atoms with van der Waals surface area (Å²) in [6.45, 7) is 3.19. The monoisotopic (exact) mass is 416 g/mol. The third-order valence-electron chi connectivity index (χ3n) is 6.49. The summed E-state index contributed by atoms with van der Waals surface area (Å²) in [5, 5.41) is 4.20. The van der Waals surface area contributed by atoms with Gasteiger partial charge in [-0.1, -0.05) is 60.0 Å². The van der Waals surface area contributed by atoms with Gasteiger partial charge in [0.05, 0.1) is 10.0 Å². The summed E-state index contributed by atoms with van der Waals surface area (Å²) in [6, 6.07) is 16.0. The molecule has 1 aliphatic heterocycles. The zero-order valence-corrected chi connectivity index (χ0v) is 17.5. The van der Waals surface area contributed by atoms with Crippen molar-refractivity contribution in [3.8, 4) is 0 Å². The molecule has 0 bridgehead atoms. The van der Waals surface area contributed by atoms with E-state index in [1.165, 1.54) is 18.4 Å². The van der Waals surface area contributed by atoms with Gasteiger partial charge in [0.15, 0.2) is 0 Å². The molecule has 3 nitrogen and oxygen atoms in total. The largest absolute Gasteiger partial charge is 0.349 e. The average Bonchev–Trinajstić information content (AvgIpc) is 3.08. The Labute approximate surface area is 177 Å². The fourth-order valence-corrected chi connectivity index (χ4v) is 5.14. The van der Waals surface area contributed by atoms with Crippen LogP contribution in [0.2, 0.25) is 10.0 Å². The molecule has 1 unspecified atom stereocenters. The van der Waals surface area contributed by atoms with E-state index in [4.69, 9.17) is 23.2 Å². The van der Waals surface area contributed by atoms with Crippen molar-refractivity contribution in [3.63, 3.8) is 0 Å². The molecule has 2 aromatic rings. The molecule has 2 aromatic carbocycles. The number of nitrogens with one attached hydrogen (secondary N) is 1. The number of carbonyl (C=O) groups is 1. The maximum absolute atomic E-state index is 12.8. The van der Waals surface area contributed by atoms with Gasteiger partial charge in [0.2, 0.25) is 0 Å². The Morgan fingerprint density at radius 3 is 2.50 bits per heavy atom. The first kappa shape index (κ1) is 19.8. The number of piperidine rings is 1. The fourth-order valence-electron chi connectivity index (χ4n) is 4.84. The average molecular weight is 417 g/mol. The van der Waals surface area contributed by atoms with Crippen molar-refractivity contribution in [2.75, 3.05) is 13.1 Å². The van der Waals surface area contributed by atoms with Crippen LogP contribution < -0.4 is 5.32 Å². The van der Waals surface area contributed by atoms with Crippen LogP contribution in [0.15, 0.2) is 48.5 Å². The lowest BCUT2D eigenvalue weighted by Gasteiger charge is -2.43. The molecule has 28 heavy (non-hydrogen) atoms. The molecule has 1 atom stereocenters. The maximum Gasteiger partial charge on any atom is 0.251 e. The highest BCUT2D eigenvalue weighted by Crippen LogP contribution is 2.46. The number of hydrogen-bond acceptors (Lipinski definition) is 2. The molecule has 1 aliphatic carbocycles. The van der Waals surface area contributed by atoms with Crippen molar-refractivity contribution in [3.05, 3.63) is 69.7 Å². The minimum atomic E-state index is -0.0449. The summed E-state index contributed by atoms with van der Waals surface area (Å²) in [6.07, 6.45) is 5.74. The molecule has 2 aliphatic rings. The number of amides is 1. The zero-order chi connectivity index (χ0) is 19.6. The van der Waals surface area contributed by atoms with Gasteiger partial charge >= 0.3 is 0 Å². The van der Waals surface area contributed by atoms with Gasteiger partial charge < -0.3 is 5.32 Å². The third kappa shape index (κ3) is 4.22. The van der Waals surface area contributed by atoms with Crippen LogP contribution in [-0.4, -0.2) is 29.9 Å². The van der Waals surface area contributed by atoms with Crippen molar-refractivity contribution in [2.24, 2.45) is 5.41 Å². The molecule has 1 heterocycles. The second-order valence-corrected chi connectivity index (χ2v) is 8.99. The molecular formula is C23H26Cl2N2O.